The van der Waals surface area contributed by atoms with Crippen LogP contribution in [0, 0.1) is 5.92 Å². The van der Waals surface area contributed by atoms with Crippen molar-refractivity contribution in [1.82, 2.24) is 0 Å². The Morgan fingerprint density at radius 3 is 2.62 bits per heavy atom. The Labute approximate surface area is 124 Å². The number of hydrogen-bond acceptors (Lipinski definition) is 3. The highest BCUT2D eigenvalue weighted by molar-refractivity contribution is 5.92. The molecule has 2 N–H and O–H groups in total. The molecule has 0 bridgehead atoms. The molecular weight excluding hydrogens is 270 g/mol. The van der Waals surface area contributed by atoms with Crippen molar-refractivity contribution in [2.24, 2.45) is 5.92 Å². The maximum absolute atomic E-state index is 12.1. The zero-order valence-electron chi connectivity index (χ0n) is 12.0. The molecule has 0 radical (unpaired) electrons. The quantitative estimate of drug-likeness (QED) is 0.844. The van der Waals surface area contributed by atoms with Gasteiger partial charge < -0.3 is 15.2 Å². The number of ether oxygens (including phenoxy) is 1. The van der Waals surface area contributed by atoms with Gasteiger partial charge in [-0.3, -0.25) is 4.79 Å². The van der Waals surface area contributed by atoms with Crippen LogP contribution in [0.15, 0.2) is 24.3 Å². The summed E-state index contributed by atoms with van der Waals surface area (Å²) in [7, 11) is 0. The minimum Gasteiger partial charge on any atom is -0.480 e. The first-order valence-corrected chi connectivity index (χ1v) is 7.38. The van der Waals surface area contributed by atoms with E-state index in [-0.39, 0.29) is 5.91 Å². The number of carbonyl (C=O) groups excluding carboxylic acids is 1. The fourth-order valence-corrected chi connectivity index (χ4v) is 2.69. The summed E-state index contributed by atoms with van der Waals surface area (Å²) >= 11 is 0. The number of carboxylic acids is 1. The number of carboxylic acid groups (broad SMARTS) is 1. The Morgan fingerprint density at radius 1 is 1.19 bits per heavy atom. The van der Waals surface area contributed by atoms with Gasteiger partial charge in [0.05, 0.1) is 5.69 Å². The maximum atomic E-state index is 12.1. The molecule has 1 aromatic carbocycles. The highest BCUT2D eigenvalue weighted by Crippen LogP contribution is 2.28. The number of anilines is 1. The van der Waals surface area contributed by atoms with Crippen LogP contribution >= 0.6 is 0 Å². The Hall–Kier alpha value is -2.04. The highest BCUT2D eigenvalue weighted by Gasteiger charge is 2.18. The number of rotatable bonds is 6. The summed E-state index contributed by atoms with van der Waals surface area (Å²) < 4.78 is 5.18. The molecule has 1 aliphatic carbocycles. The molecule has 5 nitrogen and oxygen atoms in total. The van der Waals surface area contributed by atoms with Gasteiger partial charge in [0.2, 0.25) is 5.91 Å². The molecule has 1 fully saturated rings. The van der Waals surface area contributed by atoms with Gasteiger partial charge in [-0.2, -0.15) is 0 Å². The van der Waals surface area contributed by atoms with Gasteiger partial charge in [0.25, 0.3) is 0 Å². The summed E-state index contributed by atoms with van der Waals surface area (Å²) in [5.74, 6) is -0.227. The molecule has 21 heavy (non-hydrogen) atoms. The summed E-state index contributed by atoms with van der Waals surface area (Å²) in [6, 6.07) is 6.90. The van der Waals surface area contributed by atoms with Crippen molar-refractivity contribution in [2.45, 2.75) is 38.5 Å². The van der Waals surface area contributed by atoms with E-state index in [1.807, 2.05) is 0 Å². The van der Waals surface area contributed by atoms with Crippen molar-refractivity contribution in [2.75, 3.05) is 11.9 Å². The lowest BCUT2D eigenvalue weighted by Gasteiger charge is -2.21. The molecule has 0 aliphatic heterocycles. The summed E-state index contributed by atoms with van der Waals surface area (Å²) in [5.41, 5.74) is 0.527. The van der Waals surface area contributed by atoms with E-state index in [1.165, 1.54) is 19.3 Å². The van der Waals surface area contributed by atoms with Crippen molar-refractivity contribution >= 4 is 17.6 Å². The van der Waals surface area contributed by atoms with Crippen molar-refractivity contribution < 1.29 is 19.4 Å². The van der Waals surface area contributed by atoms with Gasteiger partial charge in [0.15, 0.2) is 6.61 Å². The predicted molar refractivity (Wildman–Crippen MR) is 79.4 cm³/mol. The molecule has 0 saturated heterocycles. The molecule has 1 aromatic rings. The molecule has 0 heterocycles. The van der Waals surface area contributed by atoms with Gasteiger partial charge in [0.1, 0.15) is 5.75 Å². The van der Waals surface area contributed by atoms with E-state index in [2.05, 4.69) is 5.32 Å². The summed E-state index contributed by atoms with van der Waals surface area (Å²) in [4.78, 5) is 22.6. The lowest BCUT2D eigenvalue weighted by Crippen LogP contribution is -2.19. The zero-order valence-corrected chi connectivity index (χ0v) is 12.0. The Bertz CT molecular complexity index is 495. The van der Waals surface area contributed by atoms with Crippen LogP contribution < -0.4 is 10.1 Å². The third-order valence-electron chi connectivity index (χ3n) is 3.71. The molecular formula is C16H21NO4. The van der Waals surface area contributed by atoms with Crippen molar-refractivity contribution in [1.29, 1.82) is 0 Å². The SMILES string of the molecule is O=C(O)COc1ccccc1NC(=O)CC1CCCCC1. The third-order valence-corrected chi connectivity index (χ3v) is 3.71. The second kappa shape index (κ2) is 7.67. The van der Waals surface area contributed by atoms with E-state index in [0.717, 1.165) is 12.8 Å². The normalized spacial score (nSPS) is 15.4. The van der Waals surface area contributed by atoms with Gasteiger partial charge in [-0.05, 0) is 30.9 Å². The van der Waals surface area contributed by atoms with E-state index in [0.29, 0.717) is 23.8 Å². The van der Waals surface area contributed by atoms with E-state index < -0.39 is 12.6 Å². The van der Waals surface area contributed by atoms with Crippen LogP contribution in [0.2, 0.25) is 0 Å². The van der Waals surface area contributed by atoms with Crippen molar-refractivity contribution in [3.8, 4) is 5.75 Å². The standard InChI is InChI=1S/C16H21NO4/c18-15(10-12-6-2-1-3-7-12)17-13-8-4-5-9-14(13)21-11-16(19)20/h4-5,8-9,12H,1-3,6-7,10-11H2,(H,17,18)(H,19,20). The minimum atomic E-state index is -1.04. The second-order valence-electron chi connectivity index (χ2n) is 5.43. The number of carbonyl (C=O) groups is 2. The Kier molecular flexibility index (Phi) is 5.60. The Morgan fingerprint density at radius 2 is 1.90 bits per heavy atom. The lowest BCUT2D eigenvalue weighted by molar-refractivity contribution is -0.139. The fourth-order valence-electron chi connectivity index (χ4n) is 2.69. The number of hydrogen-bond donors (Lipinski definition) is 2. The highest BCUT2D eigenvalue weighted by atomic mass is 16.5. The summed E-state index contributed by atoms with van der Waals surface area (Å²) in [6.07, 6.45) is 6.43. The number of para-hydroxylation sites is 2. The number of benzene rings is 1. The monoisotopic (exact) mass is 291 g/mol. The van der Waals surface area contributed by atoms with Crippen LogP contribution in [-0.2, 0) is 9.59 Å². The summed E-state index contributed by atoms with van der Waals surface area (Å²) in [5, 5.41) is 11.5. The van der Waals surface area contributed by atoms with Crippen LogP contribution in [0.3, 0.4) is 0 Å². The summed E-state index contributed by atoms with van der Waals surface area (Å²) in [6.45, 7) is -0.421. The van der Waals surface area contributed by atoms with Crippen molar-refractivity contribution in [3.63, 3.8) is 0 Å². The van der Waals surface area contributed by atoms with Gasteiger partial charge in [0, 0.05) is 6.42 Å². The predicted octanol–water partition coefficient (Wildman–Crippen LogP) is 3.06. The van der Waals surface area contributed by atoms with Crippen LogP contribution in [0.1, 0.15) is 38.5 Å². The van der Waals surface area contributed by atoms with Crippen LogP contribution in [0.25, 0.3) is 0 Å². The largest absolute Gasteiger partial charge is 0.480 e. The zero-order chi connectivity index (χ0) is 15.1. The molecule has 0 unspecified atom stereocenters. The van der Waals surface area contributed by atoms with E-state index in [1.54, 1.807) is 24.3 Å². The smallest absolute Gasteiger partial charge is 0.341 e. The van der Waals surface area contributed by atoms with Crippen LogP contribution in [-0.4, -0.2) is 23.6 Å². The van der Waals surface area contributed by atoms with Gasteiger partial charge >= 0.3 is 5.97 Å². The van der Waals surface area contributed by atoms with E-state index in [4.69, 9.17) is 9.84 Å². The van der Waals surface area contributed by atoms with E-state index in [9.17, 15) is 9.59 Å². The molecule has 1 aliphatic rings. The molecule has 2 rings (SSSR count). The lowest BCUT2D eigenvalue weighted by atomic mass is 9.87. The van der Waals surface area contributed by atoms with Gasteiger partial charge in [-0.25, -0.2) is 4.79 Å². The first-order valence-electron chi connectivity index (χ1n) is 7.38. The number of amides is 1. The molecule has 0 atom stereocenters. The average molecular weight is 291 g/mol. The molecule has 0 spiro atoms. The Balaban J connectivity index is 1.91. The van der Waals surface area contributed by atoms with Crippen LogP contribution in [0.5, 0.6) is 5.75 Å². The average Bonchev–Trinajstić information content (AvgIpc) is 2.47. The molecule has 114 valence electrons. The van der Waals surface area contributed by atoms with Gasteiger partial charge in [-0.15, -0.1) is 0 Å². The maximum Gasteiger partial charge on any atom is 0.341 e. The minimum absolute atomic E-state index is 0.0340. The number of aliphatic carboxylic acids is 1. The number of nitrogens with one attached hydrogen (secondary N) is 1. The second-order valence-corrected chi connectivity index (χ2v) is 5.43. The molecule has 1 saturated carbocycles. The topological polar surface area (TPSA) is 75.6 Å². The first kappa shape index (κ1) is 15.4. The molecule has 5 heteroatoms. The molecule has 1 amide bonds. The third kappa shape index (κ3) is 5.10. The van der Waals surface area contributed by atoms with Crippen LogP contribution in [0.4, 0.5) is 5.69 Å². The van der Waals surface area contributed by atoms with Crippen molar-refractivity contribution in [3.05, 3.63) is 24.3 Å². The van der Waals surface area contributed by atoms with E-state index >= 15 is 0 Å². The first-order chi connectivity index (χ1) is 10.1. The van der Waals surface area contributed by atoms with Gasteiger partial charge in [-0.1, -0.05) is 31.4 Å². The molecule has 0 aromatic heterocycles. The fraction of sp³-hybridized carbons (Fsp3) is 0.500.